The molecule has 0 unspecified atom stereocenters. The molecule has 0 bridgehead atoms. The molecule has 104 valence electrons. The Hall–Kier alpha value is -0.610. The Kier molecular flexibility index (Phi) is 4.62. The van der Waals surface area contributed by atoms with Gasteiger partial charge in [-0.15, -0.1) is 0 Å². The summed E-state index contributed by atoms with van der Waals surface area (Å²) in [6.07, 6.45) is 8.10. The Morgan fingerprint density at radius 1 is 1.22 bits per heavy atom. The van der Waals surface area contributed by atoms with Crippen LogP contribution in [0.25, 0.3) is 0 Å². The summed E-state index contributed by atoms with van der Waals surface area (Å²) in [5.74, 6) is 0.277. The van der Waals surface area contributed by atoms with Gasteiger partial charge in [0, 0.05) is 13.0 Å². The summed E-state index contributed by atoms with van der Waals surface area (Å²) in [5.41, 5.74) is 4.79. The van der Waals surface area contributed by atoms with Crippen LogP contribution in [-0.4, -0.2) is 41.1 Å². The molecule has 0 spiro atoms. The number of β-amino-alcohol motifs (C(OH)–C–C–N with tert-alkyl or cyclic N) is 1. The van der Waals surface area contributed by atoms with Crippen molar-refractivity contribution in [3.63, 3.8) is 0 Å². The molecule has 2 rings (SSSR count). The van der Waals surface area contributed by atoms with Crippen molar-refractivity contribution in [3.8, 4) is 0 Å². The largest absolute Gasteiger partial charge is 0.389 e. The van der Waals surface area contributed by atoms with Crippen molar-refractivity contribution in [1.29, 1.82) is 0 Å². The third kappa shape index (κ3) is 3.95. The molecule has 18 heavy (non-hydrogen) atoms. The smallest absolute Gasteiger partial charge is 0.217 e. The number of carbonyl (C=O) groups is 1. The molecule has 1 amide bonds. The van der Waals surface area contributed by atoms with E-state index in [1.165, 1.54) is 6.42 Å². The first kappa shape index (κ1) is 13.8. The standard InChI is InChI=1S/C14H26N2O2/c15-13(17)10-12-4-8-16(9-5-12)11-14(18)6-2-1-3-7-14/h12,18H,1-11H2,(H2,15,17). The highest BCUT2D eigenvalue weighted by molar-refractivity contribution is 5.73. The lowest BCUT2D eigenvalue weighted by atomic mass is 9.83. The fourth-order valence-electron chi connectivity index (χ4n) is 3.42. The summed E-state index contributed by atoms with van der Waals surface area (Å²) in [4.78, 5) is 13.2. The lowest BCUT2D eigenvalue weighted by Crippen LogP contribution is -2.47. The number of piperidine rings is 1. The number of likely N-dealkylation sites (tertiary alicyclic amines) is 1. The van der Waals surface area contributed by atoms with E-state index in [9.17, 15) is 9.90 Å². The second-order valence-corrected chi connectivity index (χ2v) is 6.17. The number of amides is 1. The molecule has 2 aliphatic rings. The van der Waals surface area contributed by atoms with E-state index in [4.69, 9.17) is 5.73 Å². The van der Waals surface area contributed by atoms with E-state index in [-0.39, 0.29) is 5.91 Å². The zero-order valence-electron chi connectivity index (χ0n) is 11.2. The maximum absolute atomic E-state index is 10.9. The van der Waals surface area contributed by atoms with Gasteiger partial charge in [0.1, 0.15) is 0 Å². The molecular weight excluding hydrogens is 228 g/mol. The highest BCUT2D eigenvalue weighted by atomic mass is 16.3. The molecule has 1 saturated carbocycles. The fraction of sp³-hybridized carbons (Fsp3) is 0.929. The van der Waals surface area contributed by atoms with Crippen LogP contribution in [0.2, 0.25) is 0 Å². The third-order valence-corrected chi connectivity index (χ3v) is 4.50. The molecule has 4 nitrogen and oxygen atoms in total. The van der Waals surface area contributed by atoms with Crippen LogP contribution in [0.3, 0.4) is 0 Å². The first-order valence-electron chi connectivity index (χ1n) is 7.30. The fourth-order valence-corrected chi connectivity index (χ4v) is 3.42. The summed E-state index contributed by atoms with van der Waals surface area (Å²) in [6.45, 7) is 2.82. The minimum absolute atomic E-state index is 0.181. The Bertz CT molecular complexity index is 280. The van der Waals surface area contributed by atoms with Gasteiger partial charge < -0.3 is 15.7 Å². The number of hydrogen-bond acceptors (Lipinski definition) is 3. The van der Waals surface area contributed by atoms with E-state index in [1.807, 2.05) is 0 Å². The number of aliphatic hydroxyl groups is 1. The third-order valence-electron chi connectivity index (χ3n) is 4.50. The van der Waals surface area contributed by atoms with Crippen LogP contribution in [-0.2, 0) is 4.79 Å². The lowest BCUT2D eigenvalue weighted by molar-refractivity contribution is -0.119. The van der Waals surface area contributed by atoms with Gasteiger partial charge in [0.15, 0.2) is 0 Å². The maximum Gasteiger partial charge on any atom is 0.217 e. The molecule has 0 atom stereocenters. The van der Waals surface area contributed by atoms with Gasteiger partial charge in [-0.25, -0.2) is 0 Å². The van der Waals surface area contributed by atoms with Gasteiger partial charge in [0.05, 0.1) is 5.60 Å². The van der Waals surface area contributed by atoms with Crippen LogP contribution in [0.4, 0.5) is 0 Å². The molecule has 1 heterocycles. The van der Waals surface area contributed by atoms with E-state index in [2.05, 4.69) is 4.90 Å². The van der Waals surface area contributed by atoms with Gasteiger partial charge in [-0.05, 0) is 44.7 Å². The second kappa shape index (κ2) is 6.02. The van der Waals surface area contributed by atoms with Gasteiger partial charge in [-0.1, -0.05) is 19.3 Å². The van der Waals surface area contributed by atoms with Crippen LogP contribution in [0.15, 0.2) is 0 Å². The van der Waals surface area contributed by atoms with Crippen LogP contribution < -0.4 is 5.73 Å². The number of carbonyl (C=O) groups excluding carboxylic acids is 1. The lowest BCUT2D eigenvalue weighted by Gasteiger charge is -2.39. The van der Waals surface area contributed by atoms with Crippen LogP contribution in [0.1, 0.15) is 51.4 Å². The normalized spacial score (nSPS) is 26.1. The van der Waals surface area contributed by atoms with Gasteiger partial charge in [-0.2, -0.15) is 0 Å². The summed E-state index contributed by atoms with van der Waals surface area (Å²) < 4.78 is 0. The quantitative estimate of drug-likeness (QED) is 0.794. The van der Waals surface area contributed by atoms with Crippen molar-refractivity contribution in [2.24, 2.45) is 11.7 Å². The number of nitrogens with zero attached hydrogens (tertiary/aromatic N) is 1. The van der Waals surface area contributed by atoms with E-state index >= 15 is 0 Å². The molecule has 0 radical (unpaired) electrons. The Morgan fingerprint density at radius 3 is 2.39 bits per heavy atom. The molecule has 1 aliphatic heterocycles. The predicted molar refractivity (Wildman–Crippen MR) is 71.0 cm³/mol. The van der Waals surface area contributed by atoms with Crippen molar-refractivity contribution in [2.75, 3.05) is 19.6 Å². The van der Waals surface area contributed by atoms with E-state index in [0.717, 1.165) is 58.2 Å². The zero-order valence-corrected chi connectivity index (χ0v) is 11.2. The van der Waals surface area contributed by atoms with Gasteiger partial charge in [-0.3, -0.25) is 4.79 Å². The maximum atomic E-state index is 10.9. The number of rotatable bonds is 4. The van der Waals surface area contributed by atoms with Crippen molar-refractivity contribution in [3.05, 3.63) is 0 Å². The molecule has 0 aromatic rings. The Morgan fingerprint density at radius 2 is 1.83 bits per heavy atom. The summed E-state index contributed by atoms with van der Waals surface area (Å²) in [7, 11) is 0. The first-order chi connectivity index (χ1) is 8.57. The zero-order chi connectivity index (χ0) is 13.0. The minimum atomic E-state index is -0.450. The van der Waals surface area contributed by atoms with Crippen molar-refractivity contribution >= 4 is 5.91 Å². The topological polar surface area (TPSA) is 66.6 Å². The Labute approximate surface area is 110 Å². The predicted octanol–water partition coefficient (Wildman–Crippen LogP) is 1.27. The van der Waals surface area contributed by atoms with Crippen molar-refractivity contribution < 1.29 is 9.90 Å². The van der Waals surface area contributed by atoms with Crippen molar-refractivity contribution in [1.82, 2.24) is 4.90 Å². The SMILES string of the molecule is NC(=O)CC1CCN(CC2(O)CCCCC2)CC1. The molecule has 0 aromatic heterocycles. The molecule has 1 aliphatic carbocycles. The van der Waals surface area contributed by atoms with Gasteiger partial charge >= 0.3 is 0 Å². The molecule has 3 N–H and O–H groups in total. The van der Waals surface area contributed by atoms with Crippen LogP contribution >= 0.6 is 0 Å². The van der Waals surface area contributed by atoms with Crippen molar-refractivity contribution in [2.45, 2.75) is 57.0 Å². The van der Waals surface area contributed by atoms with E-state index in [0.29, 0.717) is 12.3 Å². The highest BCUT2D eigenvalue weighted by Gasteiger charge is 2.32. The molecule has 1 saturated heterocycles. The van der Waals surface area contributed by atoms with E-state index < -0.39 is 5.60 Å². The summed E-state index contributed by atoms with van der Waals surface area (Å²) in [6, 6.07) is 0. The van der Waals surface area contributed by atoms with Crippen LogP contribution in [0, 0.1) is 5.92 Å². The monoisotopic (exact) mass is 254 g/mol. The first-order valence-corrected chi connectivity index (χ1v) is 7.30. The average molecular weight is 254 g/mol. The average Bonchev–Trinajstić information content (AvgIpc) is 2.31. The second-order valence-electron chi connectivity index (χ2n) is 6.17. The Balaban J connectivity index is 1.74. The highest BCUT2D eigenvalue weighted by Crippen LogP contribution is 2.30. The number of hydrogen-bond donors (Lipinski definition) is 2. The minimum Gasteiger partial charge on any atom is -0.389 e. The molecule has 0 aromatic carbocycles. The van der Waals surface area contributed by atoms with Gasteiger partial charge in [0.2, 0.25) is 5.91 Å². The number of primary amides is 1. The van der Waals surface area contributed by atoms with Crippen LogP contribution in [0.5, 0.6) is 0 Å². The summed E-state index contributed by atoms with van der Waals surface area (Å²) in [5, 5.41) is 10.5. The molecule has 4 heteroatoms. The molecule has 2 fully saturated rings. The number of nitrogens with two attached hydrogens (primary N) is 1. The summed E-state index contributed by atoms with van der Waals surface area (Å²) >= 11 is 0. The van der Waals surface area contributed by atoms with E-state index in [1.54, 1.807) is 0 Å². The van der Waals surface area contributed by atoms with Gasteiger partial charge in [0.25, 0.3) is 0 Å². The molecular formula is C14H26N2O2.